The number of para-hydroxylation sites is 1. The molecule has 0 radical (unpaired) electrons. The molecule has 0 spiro atoms. The van der Waals surface area contributed by atoms with Crippen LogP contribution in [0.2, 0.25) is 5.02 Å². The number of amides is 2. The SMILES string of the molecule is NC(=O)COc1ccc(C=NNC(=O)c2ccccc2O)cc1Cl. The average Bonchev–Trinajstić information content (AvgIpc) is 2.54. The second kappa shape index (κ2) is 7.98. The summed E-state index contributed by atoms with van der Waals surface area (Å²) in [7, 11) is 0. The molecule has 0 bridgehead atoms. The molecule has 0 atom stereocenters. The van der Waals surface area contributed by atoms with E-state index in [1.165, 1.54) is 18.3 Å². The van der Waals surface area contributed by atoms with Gasteiger partial charge in [-0.15, -0.1) is 0 Å². The highest BCUT2D eigenvalue weighted by molar-refractivity contribution is 6.32. The van der Waals surface area contributed by atoms with Gasteiger partial charge in [0.1, 0.15) is 11.5 Å². The highest BCUT2D eigenvalue weighted by Gasteiger charge is 2.08. The number of nitrogens with one attached hydrogen (secondary N) is 1. The Kier molecular flexibility index (Phi) is 5.75. The molecule has 0 aliphatic heterocycles. The Bertz CT molecular complexity index is 793. The number of phenolic OH excluding ortho intramolecular Hbond substituents is 1. The van der Waals surface area contributed by atoms with Crippen LogP contribution in [0.3, 0.4) is 0 Å². The third kappa shape index (κ3) is 4.72. The Labute approximate surface area is 142 Å². The van der Waals surface area contributed by atoms with Crippen molar-refractivity contribution in [3.8, 4) is 11.5 Å². The molecular formula is C16H14ClN3O4. The summed E-state index contributed by atoms with van der Waals surface area (Å²) in [6, 6.07) is 10.9. The molecule has 24 heavy (non-hydrogen) atoms. The Hall–Kier alpha value is -3.06. The molecule has 0 saturated carbocycles. The second-order valence-electron chi connectivity index (χ2n) is 4.66. The van der Waals surface area contributed by atoms with E-state index in [1.54, 1.807) is 30.3 Å². The minimum atomic E-state index is -0.608. The second-order valence-corrected chi connectivity index (χ2v) is 5.07. The minimum Gasteiger partial charge on any atom is -0.507 e. The quantitative estimate of drug-likeness (QED) is 0.544. The van der Waals surface area contributed by atoms with Gasteiger partial charge in [0.05, 0.1) is 16.8 Å². The zero-order valence-corrected chi connectivity index (χ0v) is 13.2. The molecule has 2 amide bonds. The van der Waals surface area contributed by atoms with Crippen LogP contribution >= 0.6 is 11.6 Å². The van der Waals surface area contributed by atoms with E-state index in [1.807, 2.05) is 0 Å². The van der Waals surface area contributed by atoms with E-state index in [0.717, 1.165) is 0 Å². The number of hydrogen-bond acceptors (Lipinski definition) is 5. The molecule has 2 aromatic rings. The summed E-state index contributed by atoms with van der Waals surface area (Å²) in [5, 5.41) is 13.6. The molecule has 0 saturated heterocycles. The molecular weight excluding hydrogens is 334 g/mol. The number of benzene rings is 2. The number of ether oxygens (including phenoxy) is 1. The van der Waals surface area contributed by atoms with E-state index in [0.29, 0.717) is 11.3 Å². The number of halogens is 1. The first-order valence-electron chi connectivity index (χ1n) is 6.79. The van der Waals surface area contributed by atoms with Crippen molar-refractivity contribution in [2.24, 2.45) is 10.8 Å². The number of carbonyl (C=O) groups is 2. The Morgan fingerprint density at radius 1 is 1.29 bits per heavy atom. The number of hydrazone groups is 1. The Morgan fingerprint density at radius 2 is 2.04 bits per heavy atom. The molecule has 0 aliphatic carbocycles. The number of nitrogens with zero attached hydrogens (tertiary/aromatic N) is 1. The van der Waals surface area contributed by atoms with Crippen LogP contribution < -0.4 is 15.9 Å². The van der Waals surface area contributed by atoms with Crippen molar-refractivity contribution in [2.75, 3.05) is 6.61 Å². The fourth-order valence-electron chi connectivity index (χ4n) is 1.75. The molecule has 0 unspecified atom stereocenters. The van der Waals surface area contributed by atoms with Crippen LogP contribution in [0.15, 0.2) is 47.6 Å². The number of rotatable bonds is 6. The van der Waals surface area contributed by atoms with Crippen molar-refractivity contribution >= 4 is 29.6 Å². The standard InChI is InChI=1S/C16H14ClN3O4/c17-12-7-10(5-6-14(12)24-9-15(18)22)8-19-20-16(23)11-3-1-2-4-13(11)21/h1-8,21H,9H2,(H2,18,22)(H,20,23). The summed E-state index contributed by atoms with van der Waals surface area (Å²) in [5.41, 5.74) is 8.00. The van der Waals surface area contributed by atoms with E-state index >= 15 is 0 Å². The molecule has 0 heterocycles. The summed E-state index contributed by atoms with van der Waals surface area (Å²) in [5.74, 6) is -0.976. The molecule has 0 fully saturated rings. The first-order valence-corrected chi connectivity index (χ1v) is 7.17. The van der Waals surface area contributed by atoms with Crippen molar-refractivity contribution in [2.45, 2.75) is 0 Å². The van der Waals surface area contributed by atoms with E-state index in [-0.39, 0.29) is 22.9 Å². The average molecular weight is 348 g/mol. The first kappa shape index (κ1) is 17.3. The van der Waals surface area contributed by atoms with E-state index in [4.69, 9.17) is 22.1 Å². The van der Waals surface area contributed by atoms with Gasteiger partial charge in [-0.2, -0.15) is 5.10 Å². The van der Waals surface area contributed by atoms with Gasteiger partial charge in [0, 0.05) is 0 Å². The van der Waals surface area contributed by atoms with Crippen molar-refractivity contribution < 1.29 is 19.4 Å². The first-order chi connectivity index (χ1) is 11.5. The molecule has 2 rings (SSSR count). The maximum atomic E-state index is 11.9. The van der Waals surface area contributed by atoms with Gasteiger partial charge < -0.3 is 15.6 Å². The lowest BCUT2D eigenvalue weighted by Gasteiger charge is -2.06. The molecule has 124 valence electrons. The van der Waals surface area contributed by atoms with Crippen molar-refractivity contribution in [1.82, 2.24) is 5.43 Å². The van der Waals surface area contributed by atoms with Gasteiger partial charge in [-0.25, -0.2) is 5.43 Å². The maximum absolute atomic E-state index is 11.9. The van der Waals surface area contributed by atoms with Crippen LogP contribution in [0.4, 0.5) is 0 Å². The lowest BCUT2D eigenvalue weighted by Crippen LogP contribution is -2.20. The topological polar surface area (TPSA) is 114 Å². The molecule has 7 nitrogen and oxygen atoms in total. The molecule has 8 heteroatoms. The predicted molar refractivity (Wildman–Crippen MR) is 89.3 cm³/mol. The highest BCUT2D eigenvalue weighted by atomic mass is 35.5. The van der Waals surface area contributed by atoms with E-state index in [2.05, 4.69) is 10.5 Å². The summed E-state index contributed by atoms with van der Waals surface area (Å²) >= 11 is 6.01. The van der Waals surface area contributed by atoms with Gasteiger partial charge in [-0.3, -0.25) is 9.59 Å². The van der Waals surface area contributed by atoms with Crippen LogP contribution in [0.25, 0.3) is 0 Å². The number of aromatic hydroxyl groups is 1. The number of carbonyl (C=O) groups excluding carboxylic acids is 2. The fraction of sp³-hybridized carbons (Fsp3) is 0.0625. The normalized spacial score (nSPS) is 10.5. The molecule has 0 aromatic heterocycles. The summed E-state index contributed by atoms with van der Waals surface area (Å²) in [6.45, 7) is -0.274. The lowest BCUT2D eigenvalue weighted by molar-refractivity contribution is -0.119. The third-order valence-corrected chi connectivity index (χ3v) is 3.15. The highest BCUT2D eigenvalue weighted by Crippen LogP contribution is 2.24. The maximum Gasteiger partial charge on any atom is 0.275 e. The van der Waals surface area contributed by atoms with E-state index in [9.17, 15) is 14.7 Å². The summed E-state index contributed by atoms with van der Waals surface area (Å²) in [4.78, 5) is 22.5. The van der Waals surface area contributed by atoms with Gasteiger partial charge in [0.25, 0.3) is 11.8 Å². The van der Waals surface area contributed by atoms with Gasteiger partial charge >= 0.3 is 0 Å². The van der Waals surface area contributed by atoms with Crippen LogP contribution in [0.1, 0.15) is 15.9 Å². The van der Waals surface area contributed by atoms with Gasteiger partial charge in [0.2, 0.25) is 0 Å². The van der Waals surface area contributed by atoms with Crippen molar-refractivity contribution in [1.29, 1.82) is 0 Å². The smallest absolute Gasteiger partial charge is 0.275 e. The number of hydrogen-bond donors (Lipinski definition) is 3. The van der Waals surface area contributed by atoms with Crippen molar-refractivity contribution in [3.63, 3.8) is 0 Å². The number of phenols is 1. The largest absolute Gasteiger partial charge is 0.507 e. The Balaban J connectivity index is 1.99. The number of nitrogens with two attached hydrogens (primary N) is 1. The van der Waals surface area contributed by atoms with Crippen LogP contribution in [-0.4, -0.2) is 29.7 Å². The molecule has 2 aromatic carbocycles. The zero-order chi connectivity index (χ0) is 17.5. The van der Waals surface area contributed by atoms with E-state index < -0.39 is 11.8 Å². The summed E-state index contributed by atoms with van der Waals surface area (Å²) < 4.78 is 5.12. The monoisotopic (exact) mass is 347 g/mol. The molecule has 0 aliphatic rings. The van der Waals surface area contributed by atoms with Gasteiger partial charge in [-0.1, -0.05) is 23.7 Å². The Morgan fingerprint density at radius 3 is 2.71 bits per heavy atom. The van der Waals surface area contributed by atoms with Crippen LogP contribution in [-0.2, 0) is 4.79 Å². The van der Waals surface area contributed by atoms with Crippen molar-refractivity contribution in [3.05, 3.63) is 58.6 Å². The zero-order valence-electron chi connectivity index (χ0n) is 12.4. The van der Waals surface area contributed by atoms with Crippen LogP contribution in [0, 0.1) is 0 Å². The number of primary amides is 1. The molecule has 4 N–H and O–H groups in total. The third-order valence-electron chi connectivity index (χ3n) is 2.85. The van der Waals surface area contributed by atoms with Gasteiger partial charge in [0.15, 0.2) is 6.61 Å². The van der Waals surface area contributed by atoms with Crippen LogP contribution in [0.5, 0.6) is 11.5 Å². The lowest BCUT2D eigenvalue weighted by atomic mass is 10.2. The fourth-order valence-corrected chi connectivity index (χ4v) is 2.00. The predicted octanol–water partition coefficient (Wildman–Crippen LogP) is 1.67. The van der Waals surface area contributed by atoms with Gasteiger partial charge in [-0.05, 0) is 35.9 Å². The minimum absolute atomic E-state index is 0.114. The summed E-state index contributed by atoms with van der Waals surface area (Å²) in [6.07, 6.45) is 1.38.